The van der Waals surface area contributed by atoms with E-state index in [2.05, 4.69) is 58.0 Å². The molecule has 2 N–H and O–H groups in total. The molecule has 0 saturated heterocycles. The van der Waals surface area contributed by atoms with Gasteiger partial charge >= 0.3 is 0 Å². The van der Waals surface area contributed by atoms with Gasteiger partial charge in [-0.1, -0.05) is 36.4 Å². The fraction of sp³-hybridized carbons (Fsp3) is 0.118. The minimum absolute atomic E-state index is 0.865. The molecule has 20 heavy (non-hydrogen) atoms. The van der Waals surface area contributed by atoms with Crippen LogP contribution in [0.2, 0.25) is 0 Å². The summed E-state index contributed by atoms with van der Waals surface area (Å²) in [5.74, 6) is 0.865. The van der Waals surface area contributed by atoms with Gasteiger partial charge in [-0.25, -0.2) is 0 Å². The van der Waals surface area contributed by atoms with Gasteiger partial charge in [0.05, 0.1) is 5.69 Å². The lowest BCUT2D eigenvalue weighted by Crippen LogP contribution is -1.85. The third kappa shape index (κ3) is 1.63. The summed E-state index contributed by atoms with van der Waals surface area (Å²) in [6.45, 7) is 0. The predicted octanol–water partition coefficient (Wildman–Crippen LogP) is 3.69. The molecule has 1 heterocycles. The third-order valence-electron chi connectivity index (χ3n) is 3.94. The fourth-order valence-electron chi connectivity index (χ4n) is 2.91. The van der Waals surface area contributed by atoms with Crippen molar-refractivity contribution >= 4 is 5.82 Å². The van der Waals surface area contributed by atoms with Crippen molar-refractivity contribution < 1.29 is 0 Å². The molecule has 1 aliphatic rings. The largest absolute Gasteiger partial charge is 0.372 e. The van der Waals surface area contributed by atoms with Crippen LogP contribution < -0.4 is 5.32 Å². The Morgan fingerprint density at radius 2 is 1.85 bits per heavy atom. The molecule has 1 aromatic heterocycles. The number of hydrogen-bond acceptors (Lipinski definition) is 2. The van der Waals surface area contributed by atoms with Crippen LogP contribution in [0.1, 0.15) is 11.1 Å². The topological polar surface area (TPSA) is 40.7 Å². The number of hydrogen-bond donors (Lipinski definition) is 2. The molecule has 0 amide bonds. The van der Waals surface area contributed by atoms with Crippen molar-refractivity contribution in [2.75, 3.05) is 12.4 Å². The highest BCUT2D eigenvalue weighted by Gasteiger charge is 2.18. The van der Waals surface area contributed by atoms with Gasteiger partial charge in [0.1, 0.15) is 5.82 Å². The number of H-pyrrole nitrogens is 1. The number of benzene rings is 2. The summed E-state index contributed by atoms with van der Waals surface area (Å²) in [6.07, 6.45) is 1.02. The van der Waals surface area contributed by atoms with Crippen molar-refractivity contribution in [2.24, 2.45) is 0 Å². The molecule has 1 aliphatic carbocycles. The van der Waals surface area contributed by atoms with Gasteiger partial charge in [-0.3, -0.25) is 5.10 Å². The van der Waals surface area contributed by atoms with E-state index in [-0.39, 0.29) is 0 Å². The average Bonchev–Trinajstić information content (AvgIpc) is 3.10. The number of rotatable bonds is 2. The molecule has 3 nitrogen and oxygen atoms in total. The van der Waals surface area contributed by atoms with Crippen molar-refractivity contribution in [2.45, 2.75) is 6.42 Å². The lowest BCUT2D eigenvalue weighted by atomic mass is 10.0. The summed E-state index contributed by atoms with van der Waals surface area (Å²) in [5, 5.41) is 10.3. The zero-order valence-electron chi connectivity index (χ0n) is 11.3. The van der Waals surface area contributed by atoms with Gasteiger partial charge in [-0.2, -0.15) is 5.10 Å². The minimum atomic E-state index is 0.865. The molecule has 3 heteroatoms. The zero-order chi connectivity index (χ0) is 13.5. The first kappa shape index (κ1) is 11.3. The monoisotopic (exact) mass is 261 g/mol. The molecular weight excluding hydrogens is 246 g/mol. The molecular formula is C17H15N3. The molecule has 0 saturated carbocycles. The summed E-state index contributed by atoms with van der Waals surface area (Å²) in [5.41, 5.74) is 7.77. The quantitative estimate of drug-likeness (QED) is 0.577. The smallest absolute Gasteiger partial charge is 0.148 e. The fourth-order valence-corrected chi connectivity index (χ4v) is 2.91. The molecule has 0 unspecified atom stereocenters. The van der Waals surface area contributed by atoms with Gasteiger partial charge in [0.25, 0.3) is 0 Å². The summed E-state index contributed by atoms with van der Waals surface area (Å²) in [4.78, 5) is 0. The van der Waals surface area contributed by atoms with Gasteiger partial charge in [0.2, 0.25) is 0 Å². The Morgan fingerprint density at radius 3 is 2.70 bits per heavy atom. The van der Waals surface area contributed by atoms with E-state index in [1.165, 1.54) is 27.8 Å². The normalized spacial score (nSPS) is 12.1. The average molecular weight is 261 g/mol. The molecule has 0 aliphatic heterocycles. The van der Waals surface area contributed by atoms with Crippen LogP contribution in [0.25, 0.3) is 22.4 Å². The Labute approximate surface area is 117 Å². The maximum atomic E-state index is 4.21. The van der Waals surface area contributed by atoms with Gasteiger partial charge in [0.15, 0.2) is 0 Å². The standard InChI is InChI=1S/C17H15N3/c1-18-17-10-16(19-20-17)12-6-7-15-13(9-12)8-11-4-2-3-5-14(11)15/h2-7,9-10H,8H2,1H3,(H2,18,19,20). The van der Waals surface area contributed by atoms with Crippen LogP contribution in [0.5, 0.6) is 0 Å². The van der Waals surface area contributed by atoms with Crippen molar-refractivity contribution in [3.63, 3.8) is 0 Å². The first-order valence-electron chi connectivity index (χ1n) is 6.80. The number of nitrogens with zero attached hydrogens (tertiary/aromatic N) is 1. The maximum Gasteiger partial charge on any atom is 0.148 e. The highest BCUT2D eigenvalue weighted by molar-refractivity contribution is 5.79. The summed E-state index contributed by atoms with van der Waals surface area (Å²) in [6, 6.07) is 17.3. The lowest BCUT2D eigenvalue weighted by Gasteiger charge is -2.03. The van der Waals surface area contributed by atoms with E-state index >= 15 is 0 Å². The SMILES string of the molecule is CNc1cc(-c2ccc3c(c2)Cc2ccccc2-3)[nH]n1. The van der Waals surface area contributed by atoms with Crippen LogP contribution in [0.4, 0.5) is 5.82 Å². The Balaban J connectivity index is 1.78. The van der Waals surface area contributed by atoms with Crippen molar-refractivity contribution in [3.8, 4) is 22.4 Å². The second kappa shape index (κ2) is 4.23. The molecule has 3 aromatic rings. The van der Waals surface area contributed by atoms with Gasteiger partial charge < -0.3 is 5.32 Å². The Hall–Kier alpha value is -2.55. The van der Waals surface area contributed by atoms with Crippen LogP contribution in [0, 0.1) is 0 Å². The number of fused-ring (bicyclic) bond motifs is 3. The van der Waals surface area contributed by atoms with Crippen molar-refractivity contribution in [1.29, 1.82) is 0 Å². The highest BCUT2D eigenvalue weighted by atomic mass is 15.2. The Kier molecular flexibility index (Phi) is 2.39. The number of aromatic nitrogens is 2. The van der Waals surface area contributed by atoms with Crippen LogP contribution in [0.15, 0.2) is 48.5 Å². The summed E-state index contributed by atoms with van der Waals surface area (Å²) < 4.78 is 0. The van der Waals surface area contributed by atoms with Crippen molar-refractivity contribution in [3.05, 3.63) is 59.7 Å². The van der Waals surface area contributed by atoms with Gasteiger partial charge in [-0.15, -0.1) is 0 Å². The van der Waals surface area contributed by atoms with Gasteiger partial charge in [-0.05, 0) is 40.3 Å². The lowest BCUT2D eigenvalue weighted by molar-refractivity contribution is 1.09. The number of anilines is 1. The molecule has 4 rings (SSSR count). The van der Waals surface area contributed by atoms with E-state index in [0.29, 0.717) is 0 Å². The Morgan fingerprint density at radius 1 is 1.00 bits per heavy atom. The van der Waals surface area contributed by atoms with Crippen LogP contribution in [-0.2, 0) is 6.42 Å². The second-order valence-corrected chi connectivity index (χ2v) is 5.12. The summed E-state index contributed by atoms with van der Waals surface area (Å²) in [7, 11) is 1.87. The zero-order valence-corrected chi connectivity index (χ0v) is 11.3. The molecule has 0 spiro atoms. The third-order valence-corrected chi connectivity index (χ3v) is 3.94. The second-order valence-electron chi connectivity index (χ2n) is 5.12. The number of aromatic amines is 1. The molecule has 0 fully saturated rings. The highest BCUT2D eigenvalue weighted by Crippen LogP contribution is 2.38. The maximum absolute atomic E-state index is 4.21. The van der Waals surface area contributed by atoms with E-state index < -0.39 is 0 Å². The van der Waals surface area contributed by atoms with Crippen molar-refractivity contribution in [1.82, 2.24) is 10.2 Å². The molecule has 2 aromatic carbocycles. The predicted molar refractivity (Wildman–Crippen MR) is 81.8 cm³/mol. The number of nitrogens with one attached hydrogen (secondary N) is 2. The first-order valence-corrected chi connectivity index (χ1v) is 6.80. The van der Waals surface area contributed by atoms with E-state index in [9.17, 15) is 0 Å². The van der Waals surface area contributed by atoms with E-state index in [0.717, 1.165) is 17.9 Å². The Bertz CT molecular complexity index is 786. The van der Waals surface area contributed by atoms with Crippen LogP contribution >= 0.6 is 0 Å². The molecule has 0 bridgehead atoms. The van der Waals surface area contributed by atoms with E-state index in [1.807, 2.05) is 13.1 Å². The first-order chi connectivity index (χ1) is 9.85. The molecule has 0 radical (unpaired) electrons. The molecule has 0 atom stereocenters. The molecule has 98 valence electrons. The minimum Gasteiger partial charge on any atom is -0.372 e. The van der Waals surface area contributed by atoms with E-state index in [4.69, 9.17) is 0 Å². The van der Waals surface area contributed by atoms with Crippen LogP contribution in [0.3, 0.4) is 0 Å². The van der Waals surface area contributed by atoms with Crippen LogP contribution in [-0.4, -0.2) is 17.2 Å². The summed E-state index contributed by atoms with van der Waals surface area (Å²) >= 11 is 0. The van der Waals surface area contributed by atoms with Gasteiger partial charge in [0, 0.05) is 13.1 Å². The van der Waals surface area contributed by atoms with E-state index in [1.54, 1.807) is 0 Å².